The van der Waals surface area contributed by atoms with Gasteiger partial charge in [-0.1, -0.05) is 80.0 Å². The first kappa shape index (κ1) is 36.3. The zero-order valence-electron chi connectivity index (χ0n) is 25.9. The maximum absolute atomic E-state index is 12.4. The molecule has 0 radical (unpaired) electrons. The average Bonchev–Trinajstić information content (AvgIpc) is 2.85. The van der Waals surface area contributed by atoms with E-state index in [2.05, 4.69) is 13.0 Å². The Balaban J connectivity index is 3.07. The predicted octanol–water partition coefficient (Wildman–Crippen LogP) is 6.23. The van der Waals surface area contributed by atoms with Gasteiger partial charge in [-0.25, -0.2) is 4.79 Å². The van der Waals surface area contributed by atoms with Crippen LogP contribution in [0.2, 0.25) is 0 Å². The number of carboxylic acids is 1. The lowest BCUT2D eigenvalue weighted by atomic mass is 9.80. The number of aliphatic carboxylic acids is 1. The number of aliphatic hydroxyl groups is 3. The summed E-state index contributed by atoms with van der Waals surface area (Å²) in [4.78, 5) is 24.8. The molecule has 4 N–H and O–H groups in total. The van der Waals surface area contributed by atoms with Crippen molar-refractivity contribution in [3.63, 3.8) is 0 Å². The fourth-order valence-electron chi connectivity index (χ4n) is 4.90. The second-order valence-corrected chi connectivity index (χ2v) is 11.8. The average molecular weight is 573 g/mol. The Bertz CT molecular complexity index is 1030. The van der Waals surface area contributed by atoms with Gasteiger partial charge in [-0.05, 0) is 70.8 Å². The number of esters is 1. The van der Waals surface area contributed by atoms with Crippen LogP contribution >= 0.6 is 0 Å². The van der Waals surface area contributed by atoms with Crippen LogP contribution in [0.5, 0.6) is 0 Å². The molecule has 0 aromatic rings. The minimum Gasteiger partial charge on any atom is -0.478 e. The topological polar surface area (TPSA) is 124 Å². The van der Waals surface area contributed by atoms with Gasteiger partial charge in [0.1, 0.15) is 6.10 Å². The number of allylic oxidation sites excluding steroid dienone is 9. The number of carboxylic acid groups (broad SMARTS) is 1. The summed E-state index contributed by atoms with van der Waals surface area (Å²) in [6.07, 6.45) is 14.8. The van der Waals surface area contributed by atoms with Gasteiger partial charge in [0.25, 0.3) is 0 Å². The van der Waals surface area contributed by atoms with Gasteiger partial charge in [0.05, 0.1) is 18.3 Å². The number of hydrogen-bond donors (Lipinski definition) is 4. The van der Waals surface area contributed by atoms with E-state index < -0.39 is 24.3 Å². The molecule has 6 unspecified atom stereocenters. The number of aliphatic hydroxyl groups excluding tert-OH is 3. The largest absolute Gasteiger partial charge is 0.478 e. The zero-order chi connectivity index (χ0) is 31.1. The van der Waals surface area contributed by atoms with Crippen LogP contribution in [0.25, 0.3) is 0 Å². The van der Waals surface area contributed by atoms with Crippen molar-refractivity contribution >= 4 is 11.9 Å². The van der Waals surface area contributed by atoms with Gasteiger partial charge in [-0.3, -0.25) is 4.79 Å². The van der Waals surface area contributed by atoms with Crippen LogP contribution in [0, 0.1) is 17.8 Å². The van der Waals surface area contributed by atoms with Crippen LogP contribution in [-0.4, -0.2) is 56.8 Å². The monoisotopic (exact) mass is 572 g/mol. The van der Waals surface area contributed by atoms with E-state index in [-0.39, 0.29) is 42.7 Å². The lowest BCUT2D eigenvalue weighted by molar-refractivity contribution is -0.151. The van der Waals surface area contributed by atoms with E-state index in [0.717, 1.165) is 23.1 Å². The summed E-state index contributed by atoms with van der Waals surface area (Å²) in [5.41, 5.74) is 2.83. The van der Waals surface area contributed by atoms with E-state index >= 15 is 0 Å². The number of cyclic esters (lactones) is 1. The van der Waals surface area contributed by atoms with E-state index in [9.17, 15) is 30.0 Å². The van der Waals surface area contributed by atoms with Crippen molar-refractivity contribution in [1.82, 2.24) is 0 Å². The highest BCUT2D eigenvalue weighted by Crippen LogP contribution is 2.31. The number of ether oxygens (including phenoxy) is 1. The number of rotatable bonds is 11. The Morgan fingerprint density at radius 2 is 1.68 bits per heavy atom. The summed E-state index contributed by atoms with van der Waals surface area (Å²) in [6.45, 7) is 13.3. The summed E-state index contributed by atoms with van der Waals surface area (Å²) in [5.74, 6) is -1.06. The van der Waals surface area contributed by atoms with E-state index in [1.54, 1.807) is 19.1 Å². The SMILES string of the molecule is CC(=CC=CC(C)=CC(O)C(O)CC(C)O)C=C(C)C=C(C(=O)O)C1CCCC(=O)OC(C(C)C)CC=CCC1C. The van der Waals surface area contributed by atoms with Gasteiger partial charge in [-0.15, -0.1) is 0 Å². The fraction of sp³-hybridized carbons (Fsp3) is 0.588. The molecule has 1 aliphatic rings. The van der Waals surface area contributed by atoms with Crippen molar-refractivity contribution in [3.05, 3.63) is 70.9 Å². The van der Waals surface area contributed by atoms with Crippen LogP contribution in [0.15, 0.2) is 70.9 Å². The van der Waals surface area contributed by atoms with Crippen molar-refractivity contribution in [2.75, 3.05) is 0 Å². The summed E-state index contributed by atoms with van der Waals surface area (Å²) < 4.78 is 5.67. The molecule has 0 saturated heterocycles. The summed E-state index contributed by atoms with van der Waals surface area (Å²) in [7, 11) is 0. The molecule has 0 saturated carbocycles. The molecule has 0 aromatic carbocycles. The fourth-order valence-corrected chi connectivity index (χ4v) is 4.90. The van der Waals surface area contributed by atoms with Crippen LogP contribution in [0.4, 0.5) is 0 Å². The molecule has 0 amide bonds. The first-order chi connectivity index (χ1) is 19.2. The normalized spacial score (nSPS) is 25.0. The summed E-state index contributed by atoms with van der Waals surface area (Å²) in [5, 5.41) is 39.5. The molecule has 1 aliphatic heterocycles. The summed E-state index contributed by atoms with van der Waals surface area (Å²) in [6, 6.07) is 0. The van der Waals surface area contributed by atoms with Gasteiger partial charge >= 0.3 is 11.9 Å². The van der Waals surface area contributed by atoms with Gasteiger partial charge in [0, 0.05) is 24.8 Å². The van der Waals surface area contributed by atoms with Crippen molar-refractivity contribution < 1.29 is 34.8 Å². The standard InChI is InChI=1S/C34H52O7/c1-22(2)32-16-9-8-14-26(6)28(15-11-17-33(38)41-32)29(34(39)40)19-25(5)18-23(3)12-10-13-24(4)20-30(36)31(37)21-27(7)35/h8-10,12-13,18-20,22,26-28,30-32,35-37H,11,14-17,21H2,1-7H3,(H,39,40). The maximum atomic E-state index is 12.4. The van der Waals surface area contributed by atoms with Gasteiger partial charge in [0.15, 0.2) is 0 Å². The quantitative estimate of drug-likeness (QED) is 0.100. The lowest BCUT2D eigenvalue weighted by Gasteiger charge is -2.26. The second-order valence-electron chi connectivity index (χ2n) is 11.8. The van der Waals surface area contributed by atoms with E-state index in [0.29, 0.717) is 24.8 Å². The molecule has 1 rings (SSSR count). The number of hydrogen-bond acceptors (Lipinski definition) is 6. The molecule has 230 valence electrons. The number of carbonyl (C=O) groups excluding carboxylic acids is 1. The summed E-state index contributed by atoms with van der Waals surface area (Å²) >= 11 is 0. The van der Waals surface area contributed by atoms with Crippen molar-refractivity contribution in [2.45, 2.75) is 111 Å². The minimum atomic E-state index is -1.07. The molecule has 7 nitrogen and oxygen atoms in total. The van der Waals surface area contributed by atoms with Crippen LogP contribution in [0.3, 0.4) is 0 Å². The van der Waals surface area contributed by atoms with Gasteiger partial charge in [-0.2, -0.15) is 0 Å². The lowest BCUT2D eigenvalue weighted by Crippen LogP contribution is -2.27. The van der Waals surface area contributed by atoms with Crippen molar-refractivity contribution in [2.24, 2.45) is 17.8 Å². The molecule has 0 fully saturated rings. The predicted molar refractivity (Wildman–Crippen MR) is 164 cm³/mol. The zero-order valence-corrected chi connectivity index (χ0v) is 25.9. The molecular weight excluding hydrogens is 520 g/mol. The van der Waals surface area contributed by atoms with Crippen molar-refractivity contribution in [3.8, 4) is 0 Å². The van der Waals surface area contributed by atoms with Crippen molar-refractivity contribution in [1.29, 1.82) is 0 Å². The Labute approximate surface area is 246 Å². The van der Waals surface area contributed by atoms with Crippen LogP contribution < -0.4 is 0 Å². The number of carbonyl (C=O) groups is 2. The third-order valence-electron chi connectivity index (χ3n) is 7.27. The van der Waals surface area contributed by atoms with E-state index in [1.807, 2.05) is 58.9 Å². The Morgan fingerprint density at radius 3 is 2.29 bits per heavy atom. The molecular formula is C34H52O7. The minimum absolute atomic E-state index is 0.0885. The second kappa shape index (κ2) is 18.6. The highest BCUT2D eigenvalue weighted by molar-refractivity contribution is 5.88. The Kier molecular flexibility index (Phi) is 16.5. The van der Waals surface area contributed by atoms with Crippen LogP contribution in [-0.2, 0) is 14.3 Å². The Hall–Kier alpha value is -2.74. The third kappa shape index (κ3) is 14.6. The third-order valence-corrected chi connectivity index (χ3v) is 7.27. The highest BCUT2D eigenvalue weighted by atomic mass is 16.5. The molecule has 6 atom stereocenters. The molecule has 0 spiro atoms. The molecule has 0 aliphatic carbocycles. The van der Waals surface area contributed by atoms with Crippen LogP contribution in [0.1, 0.15) is 87.0 Å². The molecule has 0 aromatic heterocycles. The molecule has 7 heteroatoms. The molecule has 1 heterocycles. The van der Waals surface area contributed by atoms with E-state index in [1.165, 1.54) is 6.08 Å². The van der Waals surface area contributed by atoms with Gasteiger partial charge in [0.2, 0.25) is 0 Å². The maximum Gasteiger partial charge on any atom is 0.331 e. The van der Waals surface area contributed by atoms with E-state index in [4.69, 9.17) is 4.74 Å². The first-order valence-corrected chi connectivity index (χ1v) is 14.8. The molecule has 0 bridgehead atoms. The first-order valence-electron chi connectivity index (χ1n) is 14.8. The highest BCUT2D eigenvalue weighted by Gasteiger charge is 2.27. The molecule has 41 heavy (non-hydrogen) atoms. The van der Waals surface area contributed by atoms with Gasteiger partial charge < -0.3 is 25.2 Å². The smallest absolute Gasteiger partial charge is 0.331 e. The Morgan fingerprint density at radius 1 is 1.02 bits per heavy atom.